The van der Waals surface area contributed by atoms with Gasteiger partial charge in [0.2, 0.25) is 0 Å². The van der Waals surface area contributed by atoms with E-state index in [9.17, 15) is 0 Å². The molecule has 2 aliphatic rings. The van der Waals surface area contributed by atoms with Crippen LogP contribution in [0.25, 0.3) is 0 Å². The molecule has 1 saturated carbocycles. The van der Waals surface area contributed by atoms with Crippen molar-refractivity contribution >= 4 is 0 Å². The van der Waals surface area contributed by atoms with E-state index in [1.807, 2.05) is 19.5 Å². The molecule has 18 heavy (non-hydrogen) atoms. The number of piperidine rings is 1. The Hall–Kier alpha value is -0.930. The van der Waals surface area contributed by atoms with Gasteiger partial charge in [0.05, 0.1) is 0 Å². The summed E-state index contributed by atoms with van der Waals surface area (Å²) in [6.45, 7) is 2.30. The quantitative estimate of drug-likeness (QED) is 0.816. The molecule has 1 aliphatic heterocycles. The van der Waals surface area contributed by atoms with Crippen LogP contribution in [0, 0.1) is 0 Å². The van der Waals surface area contributed by atoms with Crippen LogP contribution in [0.15, 0.2) is 18.5 Å². The molecule has 2 fully saturated rings. The average Bonchev–Trinajstić information content (AvgIpc) is 3.26. The Kier molecular flexibility index (Phi) is 3.62. The minimum atomic E-state index is 0.106. The Bertz CT molecular complexity index is 397. The zero-order valence-electron chi connectivity index (χ0n) is 11.1. The lowest BCUT2D eigenvalue weighted by Gasteiger charge is -2.34. The molecule has 0 amide bonds. The van der Waals surface area contributed by atoms with Gasteiger partial charge < -0.3 is 4.74 Å². The highest BCUT2D eigenvalue weighted by Crippen LogP contribution is 2.43. The minimum absolute atomic E-state index is 0.106. The summed E-state index contributed by atoms with van der Waals surface area (Å²) in [6, 6.07) is 2.18. The van der Waals surface area contributed by atoms with Crippen molar-refractivity contribution in [1.82, 2.24) is 9.88 Å². The fourth-order valence-corrected chi connectivity index (χ4v) is 3.02. The molecule has 0 spiro atoms. The maximum Gasteiger partial charge on any atom is 0.138 e. The summed E-state index contributed by atoms with van der Waals surface area (Å²) in [7, 11) is 1.82. The normalized spacial score (nSPS) is 22.9. The van der Waals surface area contributed by atoms with Gasteiger partial charge in [0.1, 0.15) is 6.23 Å². The Morgan fingerprint density at radius 3 is 2.72 bits per heavy atom. The zero-order chi connectivity index (χ0) is 12.4. The first-order chi connectivity index (χ1) is 8.90. The van der Waals surface area contributed by atoms with Crippen LogP contribution in [0.1, 0.15) is 55.4 Å². The van der Waals surface area contributed by atoms with Crippen molar-refractivity contribution in [2.24, 2.45) is 0 Å². The van der Waals surface area contributed by atoms with Crippen LogP contribution in [0.4, 0.5) is 0 Å². The number of nitrogens with zero attached hydrogens (tertiary/aromatic N) is 2. The number of rotatable bonds is 4. The summed E-state index contributed by atoms with van der Waals surface area (Å²) in [5.74, 6) is 0.755. The second-order valence-corrected chi connectivity index (χ2v) is 5.46. The summed E-state index contributed by atoms with van der Waals surface area (Å²) < 4.78 is 5.78. The average molecular weight is 246 g/mol. The lowest BCUT2D eigenvalue weighted by atomic mass is 10.0. The van der Waals surface area contributed by atoms with Gasteiger partial charge in [-0.05, 0) is 43.2 Å². The molecule has 1 saturated heterocycles. The number of pyridine rings is 1. The molecule has 3 nitrogen and oxygen atoms in total. The summed E-state index contributed by atoms with van der Waals surface area (Å²) >= 11 is 0. The van der Waals surface area contributed by atoms with E-state index in [0.717, 1.165) is 19.0 Å². The van der Waals surface area contributed by atoms with Gasteiger partial charge in [-0.1, -0.05) is 6.42 Å². The third-order valence-electron chi connectivity index (χ3n) is 4.12. The summed E-state index contributed by atoms with van der Waals surface area (Å²) in [5.41, 5.74) is 2.76. The number of hydrogen-bond donors (Lipinski definition) is 0. The van der Waals surface area contributed by atoms with E-state index in [-0.39, 0.29) is 6.23 Å². The Labute approximate surface area is 109 Å². The summed E-state index contributed by atoms with van der Waals surface area (Å²) in [6.07, 6.45) is 10.6. The molecule has 3 heteroatoms. The lowest BCUT2D eigenvalue weighted by molar-refractivity contribution is -0.0445. The molecule has 0 bridgehead atoms. The van der Waals surface area contributed by atoms with Crippen LogP contribution in [0.3, 0.4) is 0 Å². The monoisotopic (exact) mass is 246 g/mol. The second-order valence-electron chi connectivity index (χ2n) is 5.46. The third kappa shape index (κ3) is 2.43. The Morgan fingerprint density at radius 2 is 2.06 bits per heavy atom. The van der Waals surface area contributed by atoms with Crippen LogP contribution >= 0.6 is 0 Å². The smallest absolute Gasteiger partial charge is 0.138 e. The topological polar surface area (TPSA) is 25.4 Å². The molecule has 2 heterocycles. The number of likely N-dealkylation sites (tertiary alicyclic amines) is 1. The molecular formula is C15H22N2O. The van der Waals surface area contributed by atoms with Crippen molar-refractivity contribution in [1.29, 1.82) is 0 Å². The van der Waals surface area contributed by atoms with Gasteiger partial charge in [-0.2, -0.15) is 0 Å². The van der Waals surface area contributed by atoms with Crippen LogP contribution in [-0.4, -0.2) is 30.1 Å². The molecule has 98 valence electrons. The van der Waals surface area contributed by atoms with Crippen molar-refractivity contribution in [3.63, 3.8) is 0 Å². The van der Waals surface area contributed by atoms with Gasteiger partial charge in [-0.25, -0.2) is 0 Å². The molecule has 1 aliphatic carbocycles. The number of ether oxygens (including phenoxy) is 1. The van der Waals surface area contributed by atoms with Crippen LogP contribution < -0.4 is 0 Å². The molecular weight excluding hydrogens is 224 g/mol. The maximum absolute atomic E-state index is 5.78. The van der Waals surface area contributed by atoms with Crippen LogP contribution in [-0.2, 0) is 4.74 Å². The fraction of sp³-hybridized carbons (Fsp3) is 0.667. The highest BCUT2D eigenvalue weighted by molar-refractivity contribution is 5.32. The fourth-order valence-electron chi connectivity index (χ4n) is 3.02. The Balaban J connectivity index is 1.85. The first-order valence-electron chi connectivity index (χ1n) is 7.11. The largest absolute Gasteiger partial charge is 0.362 e. The van der Waals surface area contributed by atoms with Crippen molar-refractivity contribution in [3.05, 3.63) is 29.6 Å². The van der Waals surface area contributed by atoms with Crippen molar-refractivity contribution in [2.45, 2.75) is 44.2 Å². The lowest BCUT2D eigenvalue weighted by Crippen LogP contribution is -2.35. The van der Waals surface area contributed by atoms with E-state index in [0.29, 0.717) is 0 Å². The molecule has 0 N–H and O–H groups in total. The van der Waals surface area contributed by atoms with E-state index < -0.39 is 0 Å². The Morgan fingerprint density at radius 1 is 1.28 bits per heavy atom. The molecule has 1 unspecified atom stereocenters. The summed E-state index contributed by atoms with van der Waals surface area (Å²) in [5, 5.41) is 0. The van der Waals surface area contributed by atoms with Gasteiger partial charge in [0, 0.05) is 38.2 Å². The van der Waals surface area contributed by atoms with Crippen molar-refractivity contribution in [3.8, 4) is 0 Å². The highest BCUT2D eigenvalue weighted by Gasteiger charge is 2.31. The van der Waals surface area contributed by atoms with Gasteiger partial charge in [-0.15, -0.1) is 0 Å². The van der Waals surface area contributed by atoms with Crippen molar-refractivity contribution < 1.29 is 4.74 Å². The number of methoxy groups -OCH3 is 1. The molecule has 0 radical (unpaired) electrons. The minimum Gasteiger partial charge on any atom is -0.362 e. The van der Waals surface area contributed by atoms with E-state index >= 15 is 0 Å². The zero-order valence-corrected chi connectivity index (χ0v) is 11.1. The van der Waals surface area contributed by atoms with Gasteiger partial charge in [0.15, 0.2) is 0 Å². The van der Waals surface area contributed by atoms with Crippen molar-refractivity contribution in [2.75, 3.05) is 20.2 Å². The number of aromatic nitrogens is 1. The van der Waals surface area contributed by atoms with E-state index in [1.165, 1.54) is 43.2 Å². The highest BCUT2D eigenvalue weighted by atomic mass is 16.5. The number of hydrogen-bond acceptors (Lipinski definition) is 3. The SMILES string of the molecule is COC(c1cnccc1C1CC1)N1CCCCC1. The standard InChI is InChI=1S/C15H22N2O/c1-18-15(17-9-3-2-4-10-17)14-11-16-8-7-13(14)12-5-6-12/h7-8,11-12,15H,2-6,9-10H2,1H3. The first kappa shape index (κ1) is 12.1. The molecule has 1 atom stereocenters. The summed E-state index contributed by atoms with van der Waals surface area (Å²) in [4.78, 5) is 6.78. The van der Waals surface area contributed by atoms with Crippen LogP contribution in [0.5, 0.6) is 0 Å². The van der Waals surface area contributed by atoms with Gasteiger partial charge in [0.25, 0.3) is 0 Å². The van der Waals surface area contributed by atoms with E-state index in [2.05, 4.69) is 16.0 Å². The first-order valence-corrected chi connectivity index (χ1v) is 7.11. The molecule has 3 rings (SSSR count). The second kappa shape index (κ2) is 5.37. The van der Waals surface area contributed by atoms with E-state index in [4.69, 9.17) is 4.74 Å². The molecule has 1 aromatic heterocycles. The van der Waals surface area contributed by atoms with E-state index in [1.54, 1.807) is 0 Å². The predicted molar refractivity (Wildman–Crippen MR) is 71.4 cm³/mol. The van der Waals surface area contributed by atoms with Crippen LogP contribution in [0.2, 0.25) is 0 Å². The molecule has 1 aromatic rings. The predicted octanol–water partition coefficient (Wildman–Crippen LogP) is 3.09. The third-order valence-corrected chi connectivity index (χ3v) is 4.12. The molecule has 0 aromatic carbocycles. The van der Waals surface area contributed by atoms with Gasteiger partial charge in [-0.3, -0.25) is 9.88 Å². The van der Waals surface area contributed by atoms with Gasteiger partial charge >= 0.3 is 0 Å². The maximum atomic E-state index is 5.78.